The van der Waals surface area contributed by atoms with Gasteiger partial charge in [0.25, 0.3) is 11.8 Å². The molecular weight excluding hydrogens is 672 g/mol. The molecule has 2 aliphatic heterocycles. The molecule has 0 unspecified atom stereocenters. The molecule has 12 nitrogen and oxygen atoms in total. The molecule has 276 valence electrons. The number of aryl methyl sites for hydroxylation is 2. The molecular formula is C41H46N6O6. The van der Waals surface area contributed by atoms with Crippen molar-refractivity contribution < 1.29 is 28.6 Å². The molecule has 4 aromatic heterocycles. The summed E-state index contributed by atoms with van der Waals surface area (Å²) in [4.78, 5) is 55.3. The number of nitrogens with zero attached hydrogens (tertiary/aromatic N) is 6. The summed E-state index contributed by atoms with van der Waals surface area (Å²) in [7, 11) is 3.13. The Balaban J connectivity index is 1.34. The predicted molar refractivity (Wildman–Crippen MR) is 202 cm³/mol. The van der Waals surface area contributed by atoms with E-state index in [-0.39, 0.29) is 18.5 Å². The average Bonchev–Trinajstić information content (AvgIpc) is 3.77. The van der Waals surface area contributed by atoms with E-state index in [4.69, 9.17) is 24.2 Å². The number of hydrogen-bond donors (Lipinski definition) is 0. The third kappa shape index (κ3) is 7.10. The summed E-state index contributed by atoms with van der Waals surface area (Å²) in [6.07, 6.45) is 11.1. The van der Waals surface area contributed by atoms with Crippen LogP contribution in [-0.4, -0.2) is 79.7 Å². The molecule has 0 aliphatic carbocycles. The molecule has 0 radical (unpaired) electrons. The van der Waals surface area contributed by atoms with E-state index in [1.165, 1.54) is 4.90 Å². The molecule has 3 amide bonds. The summed E-state index contributed by atoms with van der Waals surface area (Å²) >= 11 is 0. The molecule has 0 saturated carbocycles. The number of ether oxygens (including phenoxy) is 3. The highest BCUT2D eigenvalue weighted by Crippen LogP contribution is 2.42. The molecule has 4 bridgehead atoms. The van der Waals surface area contributed by atoms with Crippen molar-refractivity contribution in [1.29, 1.82) is 0 Å². The van der Waals surface area contributed by atoms with Crippen LogP contribution in [0.15, 0.2) is 67.3 Å². The summed E-state index contributed by atoms with van der Waals surface area (Å²) < 4.78 is 20.9. The quantitative estimate of drug-likeness (QED) is 0.181. The topological polar surface area (TPSA) is 121 Å². The Hall–Kier alpha value is -5.65. The first kappa shape index (κ1) is 35.7. The van der Waals surface area contributed by atoms with Gasteiger partial charge in [0.2, 0.25) is 0 Å². The minimum absolute atomic E-state index is 0.0137. The Morgan fingerprint density at radius 2 is 1.28 bits per heavy atom. The number of pyridine rings is 2. The van der Waals surface area contributed by atoms with E-state index >= 15 is 0 Å². The van der Waals surface area contributed by atoms with Gasteiger partial charge in [0.05, 0.1) is 31.9 Å². The van der Waals surface area contributed by atoms with E-state index in [0.717, 1.165) is 54.2 Å². The number of imide groups is 1. The number of carbonyl (C=O) groups excluding carboxylic acids is 3. The van der Waals surface area contributed by atoms with Gasteiger partial charge in [-0.1, -0.05) is 0 Å². The van der Waals surface area contributed by atoms with E-state index in [0.29, 0.717) is 65.5 Å². The van der Waals surface area contributed by atoms with Crippen LogP contribution in [0.5, 0.6) is 11.5 Å². The largest absolute Gasteiger partial charge is 0.497 e. The van der Waals surface area contributed by atoms with Crippen molar-refractivity contribution in [3.63, 3.8) is 0 Å². The van der Waals surface area contributed by atoms with Crippen molar-refractivity contribution >= 4 is 51.1 Å². The van der Waals surface area contributed by atoms with E-state index in [2.05, 4.69) is 4.57 Å². The minimum Gasteiger partial charge on any atom is -0.497 e. The van der Waals surface area contributed by atoms with Gasteiger partial charge in [-0.3, -0.25) is 14.5 Å². The Kier molecular flexibility index (Phi) is 9.96. The third-order valence-electron chi connectivity index (χ3n) is 9.85. The van der Waals surface area contributed by atoms with Gasteiger partial charge in [0.15, 0.2) is 0 Å². The van der Waals surface area contributed by atoms with Crippen LogP contribution in [0, 0.1) is 0 Å². The second-order valence-electron chi connectivity index (χ2n) is 14.6. The smallest absolute Gasteiger partial charge is 0.410 e. The SMILES string of the molecule is COc1ccc(CN2C(=O)C3=C(C2=O)c2cn(c4ncccc24)CCCCN(C(=O)OC(C)(C)C)CCCCCn2cc3c3cccnc32)c(OC)c1. The maximum Gasteiger partial charge on any atom is 0.410 e. The highest BCUT2D eigenvalue weighted by atomic mass is 16.6. The van der Waals surface area contributed by atoms with Crippen LogP contribution in [-0.2, 0) is 34.0 Å². The first-order valence-electron chi connectivity index (χ1n) is 18.3. The van der Waals surface area contributed by atoms with Gasteiger partial charge in [0, 0.05) is 84.5 Å². The lowest BCUT2D eigenvalue weighted by Gasteiger charge is -2.27. The fourth-order valence-corrected chi connectivity index (χ4v) is 7.32. The summed E-state index contributed by atoms with van der Waals surface area (Å²) in [6, 6.07) is 13.0. The van der Waals surface area contributed by atoms with Gasteiger partial charge in [-0.2, -0.15) is 0 Å². The number of fused-ring (bicyclic) bond motifs is 12. The number of methoxy groups -OCH3 is 2. The molecule has 12 heteroatoms. The molecule has 5 aromatic rings. The first-order valence-corrected chi connectivity index (χ1v) is 18.3. The molecule has 0 N–H and O–H groups in total. The lowest BCUT2D eigenvalue weighted by molar-refractivity contribution is -0.136. The average molecular weight is 719 g/mol. The highest BCUT2D eigenvalue weighted by Gasteiger charge is 2.42. The third-order valence-corrected chi connectivity index (χ3v) is 9.85. The standard InChI is InChI=1S/C41H46N6O6/c1-41(2,3)53-40(50)44-19-7-6-8-21-45-25-31(29-13-11-17-42-36(29)45)34-35(32-26-46(22-10-9-20-44)37-30(32)14-12-18-43-37)39(49)47(38(34)48)24-27-15-16-28(51-4)23-33(27)52-5/h11-18,23,25-26H,6-10,19-22,24H2,1-5H3. The van der Waals surface area contributed by atoms with Crippen molar-refractivity contribution in [1.82, 2.24) is 28.9 Å². The molecule has 1 aromatic carbocycles. The van der Waals surface area contributed by atoms with Crippen molar-refractivity contribution in [3.8, 4) is 11.5 Å². The zero-order valence-electron chi connectivity index (χ0n) is 31.1. The Morgan fingerprint density at radius 3 is 1.83 bits per heavy atom. The zero-order valence-corrected chi connectivity index (χ0v) is 31.1. The maximum atomic E-state index is 14.8. The number of aromatic nitrogens is 4. The van der Waals surface area contributed by atoms with Crippen molar-refractivity contribution in [2.75, 3.05) is 27.3 Å². The van der Waals surface area contributed by atoms with Gasteiger partial charge in [0.1, 0.15) is 28.4 Å². The first-order chi connectivity index (χ1) is 25.6. The van der Waals surface area contributed by atoms with Crippen LogP contribution in [0.3, 0.4) is 0 Å². The molecule has 53 heavy (non-hydrogen) atoms. The van der Waals surface area contributed by atoms with E-state index < -0.39 is 11.5 Å². The summed E-state index contributed by atoms with van der Waals surface area (Å²) in [5, 5.41) is 1.57. The normalized spacial score (nSPS) is 16.2. The Morgan fingerprint density at radius 1 is 0.736 bits per heavy atom. The fraction of sp³-hybridized carbons (Fsp3) is 0.390. The van der Waals surface area contributed by atoms with E-state index in [1.807, 2.05) is 73.0 Å². The lowest BCUT2D eigenvalue weighted by Crippen LogP contribution is -2.38. The Labute approximate surface area is 308 Å². The van der Waals surface area contributed by atoms with Crippen LogP contribution in [0.25, 0.3) is 33.2 Å². The maximum absolute atomic E-state index is 14.8. The van der Waals surface area contributed by atoms with E-state index in [9.17, 15) is 14.4 Å². The summed E-state index contributed by atoms with van der Waals surface area (Å²) in [5.41, 5.74) is 3.53. The molecule has 0 spiro atoms. The fourth-order valence-electron chi connectivity index (χ4n) is 7.32. The van der Waals surface area contributed by atoms with Gasteiger partial charge < -0.3 is 28.2 Å². The van der Waals surface area contributed by atoms with Crippen LogP contribution < -0.4 is 9.47 Å². The summed E-state index contributed by atoms with van der Waals surface area (Å²) in [6.45, 7) is 8.10. The second kappa shape index (κ2) is 14.8. The Bertz CT molecular complexity index is 2230. The van der Waals surface area contributed by atoms with Gasteiger partial charge in [-0.15, -0.1) is 0 Å². The van der Waals surface area contributed by atoms with Crippen molar-refractivity contribution in [3.05, 3.63) is 83.9 Å². The van der Waals surface area contributed by atoms with Gasteiger partial charge in [-0.25, -0.2) is 14.8 Å². The number of hydrogen-bond acceptors (Lipinski definition) is 8. The second-order valence-corrected chi connectivity index (χ2v) is 14.6. The molecule has 6 heterocycles. The van der Waals surface area contributed by atoms with Crippen LogP contribution in [0.2, 0.25) is 0 Å². The van der Waals surface area contributed by atoms with Crippen LogP contribution in [0.1, 0.15) is 69.6 Å². The summed E-state index contributed by atoms with van der Waals surface area (Å²) in [5.74, 6) is 0.354. The predicted octanol–water partition coefficient (Wildman–Crippen LogP) is 7.08. The highest BCUT2D eigenvalue weighted by molar-refractivity contribution is 6.50. The number of carbonyl (C=O) groups is 3. The monoisotopic (exact) mass is 718 g/mol. The number of benzene rings is 1. The van der Waals surface area contributed by atoms with Crippen LogP contribution >= 0.6 is 0 Å². The number of amides is 3. The van der Waals surface area contributed by atoms with Crippen LogP contribution in [0.4, 0.5) is 4.79 Å². The molecule has 7 rings (SSSR count). The van der Waals surface area contributed by atoms with E-state index in [1.54, 1.807) is 38.7 Å². The number of rotatable bonds is 4. The van der Waals surface area contributed by atoms with Crippen molar-refractivity contribution in [2.24, 2.45) is 0 Å². The van der Waals surface area contributed by atoms with Gasteiger partial charge in [-0.05, 0) is 89.3 Å². The van der Waals surface area contributed by atoms with Gasteiger partial charge >= 0.3 is 6.09 Å². The lowest BCUT2D eigenvalue weighted by atomic mass is 9.96. The zero-order chi connectivity index (χ0) is 37.3. The molecule has 0 fully saturated rings. The minimum atomic E-state index is -0.585. The molecule has 2 aliphatic rings. The van der Waals surface area contributed by atoms with Crippen molar-refractivity contribution in [2.45, 2.75) is 78.1 Å². The molecule has 0 saturated heterocycles. The molecule has 0 atom stereocenters.